The highest BCUT2D eigenvalue weighted by molar-refractivity contribution is 5.06. The molecule has 2 fully saturated rings. The van der Waals surface area contributed by atoms with Crippen LogP contribution in [-0.2, 0) is 4.74 Å². The van der Waals surface area contributed by atoms with Gasteiger partial charge in [0.15, 0.2) is 0 Å². The monoisotopic (exact) mass is 152 g/mol. The van der Waals surface area contributed by atoms with E-state index in [1.807, 2.05) is 0 Å². The van der Waals surface area contributed by atoms with Crippen molar-refractivity contribution in [2.24, 2.45) is 5.92 Å². The molecule has 0 amide bonds. The van der Waals surface area contributed by atoms with Gasteiger partial charge < -0.3 is 4.74 Å². The fraction of sp³-hybridized carbons (Fsp3) is 0.800. The van der Waals surface area contributed by atoms with Gasteiger partial charge in [0.05, 0.1) is 12.2 Å². The van der Waals surface area contributed by atoms with E-state index in [0.717, 1.165) is 12.3 Å². The van der Waals surface area contributed by atoms with Crippen molar-refractivity contribution in [1.29, 1.82) is 0 Å². The molecule has 1 saturated heterocycles. The van der Waals surface area contributed by atoms with Gasteiger partial charge in [-0.15, -0.1) is 0 Å². The third kappa shape index (κ3) is 1.34. The van der Waals surface area contributed by atoms with Crippen LogP contribution in [0.5, 0.6) is 0 Å². The van der Waals surface area contributed by atoms with Crippen LogP contribution in [0.15, 0.2) is 12.2 Å². The number of rotatable bonds is 2. The Labute approximate surface area is 68.4 Å². The maximum Gasteiger partial charge on any atom is 0.0847 e. The first-order chi connectivity index (χ1) is 5.31. The molecular weight excluding hydrogens is 136 g/mol. The molecule has 3 atom stereocenters. The van der Waals surface area contributed by atoms with E-state index in [-0.39, 0.29) is 0 Å². The molecule has 11 heavy (non-hydrogen) atoms. The molecule has 1 aliphatic carbocycles. The van der Waals surface area contributed by atoms with Gasteiger partial charge in [-0.25, -0.2) is 0 Å². The Hall–Kier alpha value is -0.300. The molecule has 2 aliphatic rings. The topological polar surface area (TPSA) is 12.5 Å². The first-order valence-electron chi connectivity index (χ1n) is 4.64. The number of allylic oxidation sites excluding steroid dienone is 1. The molecule has 3 unspecified atom stereocenters. The van der Waals surface area contributed by atoms with Crippen molar-refractivity contribution in [3.63, 3.8) is 0 Å². The molecule has 1 saturated carbocycles. The summed E-state index contributed by atoms with van der Waals surface area (Å²) in [7, 11) is 0. The molecule has 0 N–H and O–H groups in total. The van der Waals surface area contributed by atoms with Gasteiger partial charge in [0, 0.05) is 0 Å². The number of ether oxygens (including phenoxy) is 1. The van der Waals surface area contributed by atoms with Crippen LogP contribution >= 0.6 is 0 Å². The summed E-state index contributed by atoms with van der Waals surface area (Å²) in [4.78, 5) is 0. The van der Waals surface area contributed by atoms with Crippen molar-refractivity contribution in [3.05, 3.63) is 12.2 Å². The largest absolute Gasteiger partial charge is 0.370 e. The second-order valence-electron chi connectivity index (χ2n) is 3.73. The summed E-state index contributed by atoms with van der Waals surface area (Å²) in [5.41, 5.74) is 1.43. The third-order valence-electron chi connectivity index (χ3n) is 3.04. The summed E-state index contributed by atoms with van der Waals surface area (Å²) >= 11 is 0. The van der Waals surface area contributed by atoms with Crippen LogP contribution in [0.4, 0.5) is 0 Å². The van der Waals surface area contributed by atoms with E-state index in [2.05, 4.69) is 13.5 Å². The average molecular weight is 152 g/mol. The highest BCUT2D eigenvalue weighted by Crippen LogP contribution is 2.42. The minimum absolute atomic E-state index is 0.608. The first-order valence-corrected chi connectivity index (χ1v) is 4.64. The van der Waals surface area contributed by atoms with E-state index in [1.165, 1.54) is 24.8 Å². The van der Waals surface area contributed by atoms with Crippen LogP contribution < -0.4 is 0 Å². The van der Waals surface area contributed by atoms with E-state index in [9.17, 15) is 0 Å². The molecule has 1 nitrogen and oxygen atoms in total. The quantitative estimate of drug-likeness (QED) is 0.437. The minimum atomic E-state index is 0.608. The van der Waals surface area contributed by atoms with Gasteiger partial charge in [-0.2, -0.15) is 0 Å². The van der Waals surface area contributed by atoms with Gasteiger partial charge in [-0.1, -0.05) is 19.1 Å². The van der Waals surface area contributed by atoms with Crippen molar-refractivity contribution < 1.29 is 4.74 Å². The summed E-state index contributed by atoms with van der Waals surface area (Å²) in [5.74, 6) is 0.767. The predicted octanol–water partition coefficient (Wildman–Crippen LogP) is 2.52. The van der Waals surface area contributed by atoms with Gasteiger partial charge in [-0.3, -0.25) is 0 Å². The van der Waals surface area contributed by atoms with Crippen molar-refractivity contribution in [1.82, 2.24) is 0 Å². The first kappa shape index (κ1) is 7.35. The SMILES string of the molecule is C=C(CC)C1CCC2OC2C1. The van der Waals surface area contributed by atoms with Crippen molar-refractivity contribution in [3.8, 4) is 0 Å². The molecule has 2 rings (SSSR count). The van der Waals surface area contributed by atoms with Gasteiger partial charge in [-0.05, 0) is 31.6 Å². The highest BCUT2D eigenvalue weighted by Gasteiger charge is 2.43. The lowest BCUT2D eigenvalue weighted by molar-refractivity contribution is 0.368. The van der Waals surface area contributed by atoms with Crippen LogP contribution in [0, 0.1) is 5.92 Å². The summed E-state index contributed by atoms with van der Waals surface area (Å²) in [6.07, 6.45) is 6.22. The van der Waals surface area contributed by atoms with Crippen molar-refractivity contribution in [2.45, 2.75) is 44.8 Å². The fourth-order valence-electron chi connectivity index (χ4n) is 2.06. The molecule has 0 aromatic carbocycles. The molecular formula is C10H16O. The number of epoxide rings is 1. The Bertz CT molecular complexity index is 174. The molecule has 1 heteroatoms. The maximum absolute atomic E-state index is 5.46. The van der Waals surface area contributed by atoms with E-state index < -0.39 is 0 Å². The van der Waals surface area contributed by atoms with E-state index in [1.54, 1.807) is 0 Å². The van der Waals surface area contributed by atoms with Gasteiger partial charge in [0.2, 0.25) is 0 Å². The molecule has 0 bridgehead atoms. The summed E-state index contributed by atoms with van der Waals surface area (Å²) in [6, 6.07) is 0. The van der Waals surface area contributed by atoms with E-state index >= 15 is 0 Å². The molecule has 0 aromatic heterocycles. The lowest BCUT2D eigenvalue weighted by Gasteiger charge is -2.20. The lowest BCUT2D eigenvalue weighted by atomic mass is 9.83. The molecule has 1 aliphatic heterocycles. The summed E-state index contributed by atoms with van der Waals surface area (Å²) in [6.45, 7) is 6.29. The van der Waals surface area contributed by atoms with Crippen molar-refractivity contribution in [2.75, 3.05) is 0 Å². The van der Waals surface area contributed by atoms with Crippen LogP contribution in [0.3, 0.4) is 0 Å². The Morgan fingerprint density at radius 2 is 2.27 bits per heavy atom. The Balaban J connectivity index is 1.89. The number of hydrogen-bond donors (Lipinski definition) is 0. The fourth-order valence-corrected chi connectivity index (χ4v) is 2.06. The highest BCUT2D eigenvalue weighted by atomic mass is 16.6. The molecule has 0 spiro atoms. The zero-order valence-electron chi connectivity index (χ0n) is 7.18. The van der Waals surface area contributed by atoms with Crippen LogP contribution in [0.2, 0.25) is 0 Å². The van der Waals surface area contributed by atoms with Crippen LogP contribution in [0.25, 0.3) is 0 Å². The second-order valence-corrected chi connectivity index (χ2v) is 3.73. The minimum Gasteiger partial charge on any atom is -0.370 e. The molecule has 0 aromatic rings. The predicted molar refractivity (Wildman–Crippen MR) is 45.4 cm³/mol. The Morgan fingerprint density at radius 1 is 1.45 bits per heavy atom. The summed E-state index contributed by atoms with van der Waals surface area (Å²) < 4.78 is 5.46. The zero-order chi connectivity index (χ0) is 7.84. The molecule has 0 radical (unpaired) electrons. The van der Waals surface area contributed by atoms with Gasteiger partial charge in [0.1, 0.15) is 0 Å². The normalized spacial score (nSPS) is 41.4. The Morgan fingerprint density at radius 3 is 2.91 bits per heavy atom. The second kappa shape index (κ2) is 2.63. The van der Waals surface area contributed by atoms with Crippen molar-refractivity contribution >= 4 is 0 Å². The zero-order valence-corrected chi connectivity index (χ0v) is 7.18. The number of fused-ring (bicyclic) bond motifs is 1. The number of hydrogen-bond acceptors (Lipinski definition) is 1. The molecule has 1 heterocycles. The van der Waals surface area contributed by atoms with Crippen LogP contribution in [-0.4, -0.2) is 12.2 Å². The smallest absolute Gasteiger partial charge is 0.0847 e. The third-order valence-corrected chi connectivity index (χ3v) is 3.04. The van der Waals surface area contributed by atoms with Crippen LogP contribution in [0.1, 0.15) is 32.6 Å². The lowest BCUT2D eigenvalue weighted by Crippen LogP contribution is -2.14. The van der Waals surface area contributed by atoms with E-state index in [4.69, 9.17) is 4.74 Å². The Kier molecular flexibility index (Phi) is 1.76. The maximum atomic E-state index is 5.46. The molecule has 62 valence electrons. The van der Waals surface area contributed by atoms with Gasteiger partial charge >= 0.3 is 0 Å². The standard InChI is InChI=1S/C10H16O/c1-3-7(2)8-4-5-9-10(6-8)11-9/h8-10H,2-6H2,1H3. The average Bonchev–Trinajstić information content (AvgIpc) is 2.80. The van der Waals surface area contributed by atoms with Gasteiger partial charge in [0.25, 0.3) is 0 Å². The summed E-state index contributed by atoms with van der Waals surface area (Å²) in [5, 5.41) is 0. The van der Waals surface area contributed by atoms with E-state index in [0.29, 0.717) is 12.2 Å².